The Labute approximate surface area is 145 Å². The maximum atomic E-state index is 9.32. The number of ether oxygens (including phenoxy) is 2. The number of aliphatic hydroxyl groups is 1. The molecule has 1 unspecified atom stereocenters. The van der Waals surface area contributed by atoms with Gasteiger partial charge in [-0.05, 0) is 58.5 Å². The predicted octanol–water partition coefficient (Wildman–Crippen LogP) is 3.16. The normalized spacial score (nSPS) is 20.6. The third-order valence-electron chi connectivity index (χ3n) is 3.71. The Balaban J connectivity index is 2.07. The van der Waals surface area contributed by atoms with Gasteiger partial charge in [0, 0.05) is 32.3 Å². The summed E-state index contributed by atoms with van der Waals surface area (Å²) in [5, 5.41) is 9.32. The van der Waals surface area contributed by atoms with E-state index in [1.54, 1.807) is 14.2 Å². The van der Waals surface area contributed by atoms with Crippen LogP contribution >= 0.6 is 22.6 Å². The number of benzene rings is 1. The average molecular weight is 415 g/mol. The van der Waals surface area contributed by atoms with Gasteiger partial charge in [0.05, 0.1) is 13.7 Å². The fourth-order valence-electron chi connectivity index (χ4n) is 2.34. The lowest BCUT2D eigenvalue weighted by Crippen LogP contribution is -2.30. The molecule has 1 aromatic carbocycles. The van der Waals surface area contributed by atoms with Crippen molar-refractivity contribution in [3.8, 4) is 5.75 Å². The van der Waals surface area contributed by atoms with Gasteiger partial charge < -0.3 is 19.5 Å². The first-order valence-electron chi connectivity index (χ1n) is 7.22. The fraction of sp³-hybridized carbons (Fsp3) is 0.412. The van der Waals surface area contributed by atoms with Crippen LogP contribution in [0.3, 0.4) is 0 Å². The van der Waals surface area contributed by atoms with Crippen LogP contribution < -0.4 is 9.64 Å². The van der Waals surface area contributed by atoms with Crippen molar-refractivity contribution >= 4 is 28.3 Å². The van der Waals surface area contributed by atoms with Crippen molar-refractivity contribution in [1.82, 2.24) is 0 Å². The van der Waals surface area contributed by atoms with Crippen LogP contribution in [0.4, 0.5) is 5.69 Å². The summed E-state index contributed by atoms with van der Waals surface area (Å²) >= 11 is 2.31. The molecule has 2 rings (SSSR count). The van der Waals surface area contributed by atoms with Crippen LogP contribution in [0.25, 0.3) is 0 Å². The van der Waals surface area contributed by atoms with Crippen LogP contribution in [0, 0.1) is 0 Å². The molecule has 0 saturated heterocycles. The highest BCUT2D eigenvalue weighted by molar-refractivity contribution is 14.1. The first-order valence-corrected chi connectivity index (χ1v) is 8.30. The minimum Gasteiger partial charge on any atom is -0.497 e. The summed E-state index contributed by atoms with van der Waals surface area (Å²) in [6.45, 7) is 1.48. The van der Waals surface area contributed by atoms with Gasteiger partial charge in [-0.3, -0.25) is 0 Å². The third-order valence-corrected chi connectivity index (χ3v) is 4.95. The van der Waals surface area contributed by atoms with E-state index in [0.29, 0.717) is 6.54 Å². The van der Waals surface area contributed by atoms with E-state index in [1.165, 1.54) is 5.57 Å². The topological polar surface area (TPSA) is 41.9 Å². The Morgan fingerprint density at radius 3 is 2.50 bits per heavy atom. The van der Waals surface area contributed by atoms with Gasteiger partial charge in [0.25, 0.3) is 0 Å². The van der Waals surface area contributed by atoms with Gasteiger partial charge >= 0.3 is 0 Å². The lowest BCUT2D eigenvalue weighted by atomic mass is 10.0. The first-order chi connectivity index (χ1) is 10.6. The van der Waals surface area contributed by atoms with E-state index in [2.05, 4.69) is 45.7 Å². The van der Waals surface area contributed by atoms with Crippen LogP contribution in [-0.2, 0) is 4.74 Å². The zero-order valence-electron chi connectivity index (χ0n) is 13.0. The average Bonchev–Trinajstić information content (AvgIpc) is 2.57. The summed E-state index contributed by atoms with van der Waals surface area (Å²) < 4.78 is 10.4. The predicted molar refractivity (Wildman–Crippen MR) is 97.9 cm³/mol. The Hall–Kier alpha value is -1.05. The molecule has 0 radical (unpaired) electrons. The lowest BCUT2D eigenvalue weighted by Gasteiger charge is -2.28. The number of hydrogen-bond acceptors (Lipinski definition) is 4. The van der Waals surface area contributed by atoms with Crippen molar-refractivity contribution in [2.24, 2.45) is 0 Å². The fourth-order valence-corrected chi connectivity index (χ4v) is 2.74. The molecule has 1 aromatic rings. The lowest BCUT2D eigenvalue weighted by molar-refractivity contribution is 0.127. The first kappa shape index (κ1) is 17.3. The monoisotopic (exact) mass is 415 g/mol. The standard InChI is InChI=1S/C17H22INO3/c1-21-16-5-3-15(4-6-16)19(11-12-20)13-14-7-9-17(18,22-2)10-8-14/h3-9,20H,10-13H2,1-2H3. The van der Waals surface area contributed by atoms with Crippen molar-refractivity contribution in [3.05, 3.63) is 48.1 Å². The molecule has 0 fully saturated rings. The van der Waals surface area contributed by atoms with Gasteiger partial charge in [-0.15, -0.1) is 0 Å². The number of aliphatic hydroxyl groups excluding tert-OH is 1. The van der Waals surface area contributed by atoms with Crippen LogP contribution in [-0.4, -0.2) is 42.6 Å². The molecule has 22 heavy (non-hydrogen) atoms. The van der Waals surface area contributed by atoms with Crippen molar-refractivity contribution in [1.29, 1.82) is 0 Å². The van der Waals surface area contributed by atoms with E-state index in [1.807, 2.05) is 24.3 Å². The summed E-state index contributed by atoms with van der Waals surface area (Å²) in [6, 6.07) is 7.90. The summed E-state index contributed by atoms with van der Waals surface area (Å²) in [5.74, 6) is 0.833. The van der Waals surface area contributed by atoms with Gasteiger partial charge in [0.2, 0.25) is 0 Å². The van der Waals surface area contributed by atoms with E-state index >= 15 is 0 Å². The quantitative estimate of drug-likeness (QED) is 0.549. The Morgan fingerprint density at radius 1 is 1.27 bits per heavy atom. The highest BCUT2D eigenvalue weighted by Crippen LogP contribution is 2.31. The Morgan fingerprint density at radius 2 is 2.00 bits per heavy atom. The molecular weight excluding hydrogens is 393 g/mol. The third kappa shape index (κ3) is 4.47. The molecule has 0 aromatic heterocycles. The van der Waals surface area contributed by atoms with E-state index < -0.39 is 0 Å². The molecule has 1 N–H and O–H groups in total. The van der Waals surface area contributed by atoms with E-state index in [4.69, 9.17) is 9.47 Å². The minimum absolute atomic E-state index is 0.122. The molecule has 0 bridgehead atoms. The summed E-state index contributed by atoms with van der Waals surface area (Å²) in [4.78, 5) is 2.16. The van der Waals surface area contributed by atoms with Gasteiger partial charge in [-0.2, -0.15) is 0 Å². The molecule has 0 spiro atoms. The molecule has 0 saturated carbocycles. The number of methoxy groups -OCH3 is 2. The zero-order valence-corrected chi connectivity index (χ0v) is 15.1. The van der Waals surface area contributed by atoms with E-state index in [9.17, 15) is 5.11 Å². The number of anilines is 1. The molecule has 4 nitrogen and oxygen atoms in total. The maximum Gasteiger partial charge on any atom is 0.140 e. The molecule has 1 aliphatic carbocycles. The highest BCUT2D eigenvalue weighted by atomic mass is 127. The molecular formula is C17H22INO3. The Bertz CT molecular complexity index is 541. The number of rotatable bonds is 7. The minimum atomic E-state index is -0.233. The Kier molecular flexibility index (Phi) is 6.28. The SMILES string of the molecule is COc1ccc(N(CCO)CC2=CCC(I)(OC)C=C2)cc1. The largest absolute Gasteiger partial charge is 0.497 e. The highest BCUT2D eigenvalue weighted by Gasteiger charge is 2.24. The summed E-state index contributed by atoms with van der Waals surface area (Å²) in [6.07, 6.45) is 7.25. The van der Waals surface area contributed by atoms with Crippen LogP contribution in [0.15, 0.2) is 48.1 Å². The van der Waals surface area contributed by atoms with Gasteiger partial charge in [-0.25, -0.2) is 0 Å². The molecule has 120 valence electrons. The van der Waals surface area contributed by atoms with Crippen molar-refractivity contribution in [2.45, 2.75) is 10.0 Å². The van der Waals surface area contributed by atoms with Crippen molar-refractivity contribution in [3.63, 3.8) is 0 Å². The van der Waals surface area contributed by atoms with Gasteiger partial charge in [0.15, 0.2) is 0 Å². The molecule has 1 atom stereocenters. The summed E-state index contributed by atoms with van der Waals surface area (Å²) in [5.41, 5.74) is 2.30. The van der Waals surface area contributed by atoms with Gasteiger partial charge in [-0.1, -0.05) is 12.2 Å². The van der Waals surface area contributed by atoms with Crippen molar-refractivity contribution < 1.29 is 14.6 Å². The number of hydrogen-bond donors (Lipinski definition) is 1. The smallest absolute Gasteiger partial charge is 0.140 e. The van der Waals surface area contributed by atoms with E-state index in [0.717, 1.165) is 24.4 Å². The summed E-state index contributed by atoms with van der Waals surface area (Å²) in [7, 11) is 3.38. The van der Waals surface area contributed by atoms with Crippen LogP contribution in [0.2, 0.25) is 0 Å². The number of alkyl halides is 1. The molecule has 0 aliphatic heterocycles. The van der Waals surface area contributed by atoms with Crippen molar-refractivity contribution in [2.75, 3.05) is 38.8 Å². The number of halogens is 1. The second-order valence-electron chi connectivity index (χ2n) is 5.15. The second-order valence-corrected chi connectivity index (χ2v) is 6.98. The second kappa shape index (κ2) is 7.99. The molecule has 0 heterocycles. The van der Waals surface area contributed by atoms with Gasteiger partial charge in [0.1, 0.15) is 9.36 Å². The zero-order chi connectivity index (χ0) is 16.0. The van der Waals surface area contributed by atoms with Crippen LogP contribution in [0.5, 0.6) is 5.75 Å². The maximum absolute atomic E-state index is 9.32. The van der Waals surface area contributed by atoms with E-state index in [-0.39, 0.29) is 10.2 Å². The number of nitrogens with zero attached hydrogens (tertiary/aromatic N) is 1. The molecule has 5 heteroatoms. The molecule has 0 amide bonds. The van der Waals surface area contributed by atoms with Crippen LogP contribution in [0.1, 0.15) is 6.42 Å². The molecule has 1 aliphatic rings.